The van der Waals surface area contributed by atoms with Crippen LogP contribution in [-0.2, 0) is 13.1 Å². The van der Waals surface area contributed by atoms with Crippen LogP contribution in [0.25, 0.3) is 11.0 Å². The van der Waals surface area contributed by atoms with Crippen molar-refractivity contribution in [1.82, 2.24) is 10.2 Å². The Kier molecular flexibility index (Phi) is 3.48. The molecule has 0 spiro atoms. The zero-order valence-corrected chi connectivity index (χ0v) is 12.8. The highest BCUT2D eigenvalue weighted by atomic mass is 16.3. The number of hydrogen-bond acceptors (Lipinski definition) is 3. The first-order valence-corrected chi connectivity index (χ1v) is 8.32. The molecule has 1 heterocycles. The van der Waals surface area contributed by atoms with Crippen molar-refractivity contribution in [1.29, 1.82) is 0 Å². The van der Waals surface area contributed by atoms with Crippen LogP contribution in [0.4, 0.5) is 0 Å². The van der Waals surface area contributed by atoms with Gasteiger partial charge in [0.25, 0.3) is 0 Å². The minimum Gasteiger partial charge on any atom is -0.459 e. The average molecular weight is 284 g/mol. The summed E-state index contributed by atoms with van der Waals surface area (Å²) in [7, 11) is 0. The second kappa shape index (κ2) is 5.47. The maximum absolute atomic E-state index is 6.18. The van der Waals surface area contributed by atoms with E-state index >= 15 is 0 Å². The van der Waals surface area contributed by atoms with Crippen LogP contribution in [0.1, 0.15) is 43.9 Å². The fourth-order valence-electron chi connectivity index (χ4n) is 3.13. The molecule has 2 aliphatic rings. The summed E-state index contributed by atoms with van der Waals surface area (Å²) in [5.41, 5.74) is 2.41. The number of nitrogens with zero attached hydrogens (tertiary/aromatic N) is 1. The van der Waals surface area contributed by atoms with E-state index in [1.54, 1.807) is 0 Å². The largest absolute Gasteiger partial charge is 0.459 e. The first-order valence-electron chi connectivity index (χ1n) is 8.32. The quantitative estimate of drug-likeness (QED) is 0.841. The van der Waals surface area contributed by atoms with E-state index in [9.17, 15) is 0 Å². The second-order valence-electron chi connectivity index (χ2n) is 6.45. The molecule has 3 nitrogen and oxygen atoms in total. The lowest BCUT2D eigenvalue weighted by atomic mass is 10.1. The highest BCUT2D eigenvalue weighted by Crippen LogP contribution is 2.32. The Balaban J connectivity index is 1.62. The summed E-state index contributed by atoms with van der Waals surface area (Å²) in [4.78, 5) is 2.55. The third kappa shape index (κ3) is 2.85. The van der Waals surface area contributed by atoms with Crippen LogP contribution in [0.15, 0.2) is 28.7 Å². The molecule has 0 bridgehead atoms. The SMILES string of the molecule is CCN(Cc1oc2ccccc2c1CNC1CC1)C1CC1. The molecule has 2 aliphatic carbocycles. The van der Waals surface area contributed by atoms with Gasteiger partial charge in [0.15, 0.2) is 0 Å². The maximum atomic E-state index is 6.18. The van der Waals surface area contributed by atoms with Crippen LogP contribution in [0, 0.1) is 0 Å². The smallest absolute Gasteiger partial charge is 0.134 e. The van der Waals surface area contributed by atoms with E-state index in [0.29, 0.717) is 0 Å². The van der Waals surface area contributed by atoms with Crippen molar-refractivity contribution >= 4 is 11.0 Å². The van der Waals surface area contributed by atoms with Gasteiger partial charge in [-0.2, -0.15) is 0 Å². The second-order valence-corrected chi connectivity index (χ2v) is 6.45. The van der Waals surface area contributed by atoms with Gasteiger partial charge in [-0.3, -0.25) is 4.90 Å². The van der Waals surface area contributed by atoms with E-state index in [-0.39, 0.29) is 0 Å². The minimum absolute atomic E-state index is 0.734. The fourth-order valence-corrected chi connectivity index (χ4v) is 3.13. The summed E-state index contributed by atoms with van der Waals surface area (Å²) >= 11 is 0. The molecule has 112 valence electrons. The van der Waals surface area contributed by atoms with Gasteiger partial charge >= 0.3 is 0 Å². The van der Waals surface area contributed by atoms with Crippen molar-refractivity contribution in [2.24, 2.45) is 0 Å². The number of furan rings is 1. The van der Waals surface area contributed by atoms with E-state index < -0.39 is 0 Å². The van der Waals surface area contributed by atoms with E-state index in [1.807, 2.05) is 0 Å². The minimum atomic E-state index is 0.734. The molecule has 0 atom stereocenters. The van der Waals surface area contributed by atoms with Crippen molar-refractivity contribution in [2.75, 3.05) is 6.54 Å². The highest BCUT2D eigenvalue weighted by Gasteiger charge is 2.29. The molecule has 1 aromatic heterocycles. The molecule has 0 amide bonds. The number of fused-ring (bicyclic) bond motifs is 1. The summed E-state index contributed by atoms with van der Waals surface area (Å²) in [6.45, 7) is 5.26. The molecule has 1 N–H and O–H groups in total. The molecule has 21 heavy (non-hydrogen) atoms. The lowest BCUT2D eigenvalue weighted by molar-refractivity contribution is 0.247. The third-order valence-corrected chi connectivity index (χ3v) is 4.74. The highest BCUT2D eigenvalue weighted by molar-refractivity contribution is 5.82. The summed E-state index contributed by atoms with van der Waals surface area (Å²) < 4.78 is 6.18. The van der Waals surface area contributed by atoms with Crippen molar-refractivity contribution < 1.29 is 4.42 Å². The van der Waals surface area contributed by atoms with Crippen molar-refractivity contribution in [3.63, 3.8) is 0 Å². The standard InChI is InChI=1S/C18H24N2O/c1-2-20(14-9-10-14)12-18-16(11-19-13-7-8-13)15-5-3-4-6-17(15)21-18/h3-6,13-14,19H,2,7-12H2,1H3. The lowest BCUT2D eigenvalue weighted by Crippen LogP contribution is -2.26. The van der Waals surface area contributed by atoms with Crippen LogP contribution < -0.4 is 5.32 Å². The Morgan fingerprint density at radius 3 is 2.71 bits per heavy atom. The molecule has 2 fully saturated rings. The van der Waals surface area contributed by atoms with E-state index in [2.05, 4.69) is 41.4 Å². The Labute approximate surface area is 126 Å². The van der Waals surface area contributed by atoms with Crippen molar-refractivity contribution in [3.8, 4) is 0 Å². The van der Waals surface area contributed by atoms with Crippen LogP contribution >= 0.6 is 0 Å². The first-order chi connectivity index (χ1) is 10.3. The molecular formula is C18H24N2O. The van der Waals surface area contributed by atoms with E-state index in [1.165, 1.54) is 36.6 Å². The van der Waals surface area contributed by atoms with Gasteiger partial charge in [-0.15, -0.1) is 0 Å². The molecule has 0 aliphatic heterocycles. The maximum Gasteiger partial charge on any atom is 0.134 e. The molecular weight excluding hydrogens is 260 g/mol. The van der Waals surface area contributed by atoms with E-state index in [0.717, 1.165) is 43.1 Å². The molecule has 0 radical (unpaired) electrons. The van der Waals surface area contributed by atoms with Gasteiger partial charge in [0, 0.05) is 29.6 Å². The monoisotopic (exact) mass is 284 g/mol. The van der Waals surface area contributed by atoms with Gasteiger partial charge in [0.05, 0.1) is 6.54 Å². The summed E-state index contributed by atoms with van der Waals surface area (Å²) in [5.74, 6) is 1.16. The molecule has 4 rings (SSSR count). The predicted molar refractivity (Wildman–Crippen MR) is 85.2 cm³/mol. The zero-order chi connectivity index (χ0) is 14.2. The van der Waals surface area contributed by atoms with Gasteiger partial charge in [-0.05, 0) is 38.3 Å². The van der Waals surface area contributed by atoms with Gasteiger partial charge in [-0.25, -0.2) is 0 Å². The molecule has 3 heteroatoms. The topological polar surface area (TPSA) is 28.4 Å². The third-order valence-electron chi connectivity index (χ3n) is 4.74. The Morgan fingerprint density at radius 1 is 1.19 bits per heavy atom. The molecule has 1 aromatic carbocycles. The van der Waals surface area contributed by atoms with Gasteiger partial charge in [-0.1, -0.05) is 25.1 Å². The van der Waals surface area contributed by atoms with Crippen LogP contribution in [0.3, 0.4) is 0 Å². The van der Waals surface area contributed by atoms with Gasteiger partial charge in [0.2, 0.25) is 0 Å². The zero-order valence-electron chi connectivity index (χ0n) is 12.8. The Morgan fingerprint density at radius 2 is 2.00 bits per heavy atom. The average Bonchev–Trinajstić information content (AvgIpc) is 3.40. The van der Waals surface area contributed by atoms with Crippen LogP contribution in [0.2, 0.25) is 0 Å². The summed E-state index contributed by atoms with van der Waals surface area (Å²) in [6.07, 6.45) is 5.36. The summed E-state index contributed by atoms with van der Waals surface area (Å²) in [5, 5.41) is 4.93. The number of para-hydroxylation sites is 1. The van der Waals surface area contributed by atoms with Gasteiger partial charge < -0.3 is 9.73 Å². The number of rotatable bonds is 7. The molecule has 2 aromatic rings. The van der Waals surface area contributed by atoms with Gasteiger partial charge in [0.1, 0.15) is 11.3 Å². The number of benzene rings is 1. The Hall–Kier alpha value is -1.32. The predicted octanol–water partition coefficient (Wildman–Crippen LogP) is 3.67. The first kappa shape index (κ1) is 13.4. The lowest BCUT2D eigenvalue weighted by Gasteiger charge is -2.19. The summed E-state index contributed by atoms with van der Waals surface area (Å²) in [6, 6.07) is 9.98. The fraction of sp³-hybridized carbons (Fsp3) is 0.556. The van der Waals surface area contributed by atoms with Crippen LogP contribution in [-0.4, -0.2) is 23.5 Å². The normalized spacial score (nSPS) is 18.8. The number of nitrogens with one attached hydrogen (secondary N) is 1. The molecule has 2 saturated carbocycles. The molecule has 0 unspecified atom stereocenters. The van der Waals surface area contributed by atoms with Crippen LogP contribution in [0.5, 0.6) is 0 Å². The molecule has 0 saturated heterocycles. The van der Waals surface area contributed by atoms with E-state index in [4.69, 9.17) is 4.42 Å². The Bertz CT molecular complexity index is 625. The number of hydrogen-bond donors (Lipinski definition) is 1. The van der Waals surface area contributed by atoms with Crippen molar-refractivity contribution in [2.45, 2.75) is 57.8 Å². The van der Waals surface area contributed by atoms with Crippen molar-refractivity contribution in [3.05, 3.63) is 35.6 Å².